The molecule has 0 spiro atoms. The SMILES string of the molecule is C[C@]12CCCCC1CC[C@@H]1[C@@H]2CC[C@]2(C)C(c3ccn[nH]3)CC[C@@H]12. The largest absolute Gasteiger partial charge is 0.282 e. The van der Waals surface area contributed by atoms with Crippen molar-refractivity contribution in [2.45, 2.75) is 84.0 Å². The normalized spacial score (nSPS) is 50.8. The van der Waals surface area contributed by atoms with E-state index in [1.54, 1.807) is 0 Å². The second kappa shape index (κ2) is 5.35. The van der Waals surface area contributed by atoms with Gasteiger partial charge in [0, 0.05) is 17.8 Å². The smallest absolute Gasteiger partial charge is 0.0490 e. The van der Waals surface area contributed by atoms with Gasteiger partial charge in [0.25, 0.3) is 0 Å². The van der Waals surface area contributed by atoms with Crippen molar-refractivity contribution >= 4 is 0 Å². The summed E-state index contributed by atoms with van der Waals surface area (Å²) in [6.45, 7) is 5.32. The number of nitrogens with zero attached hydrogens (tertiary/aromatic N) is 1. The van der Waals surface area contributed by atoms with Crippen molar-refractivity contribution in [3.05, 3.63) is 18.0 Å². The maximum Gasteiger partial charge on any atom is 0.0490 e. The van der Waals surface area contributed by atoms with E-state index in [4.69, 9.17) is 0 Å². The first kappa shape index (κ1) is 15.5. The third-order valence-corrected chi connectivity index (χ3v) is 9.48. The lowest BCUT2D eigenvalue weighted by Gasteiger charge is -2.60. The Balaban J connectivity index is 1.45. The van der Waals surface area contributed by atoms with Crippen molar-refractivity contribution in [1.82, 2.24) is 10.2 Å². The van der Waals surface area contributed by atoms with E-state index in [-0.39, 0.29) is 0 Å². The Morgan fingerprint density at radius 3 is 2.62 bits per heavy atom. The van der Waals surface area contributed by atoms with Crippen molar-refractivity contribution in [1.29, 1.82) is 0 Å². The molecule has 1 heterocycles. The Morgan fingerprint density at radius 2 is 1.79 bits per heavy atom. The predicted molar refractivity (Wildman–Crippen MR) is 97.7 cm³/mol. The minimum absolute atomic E-state index is 0.519. The molecule has 0 amide bonds. The van der Waals surface area contributed by atoms with Crippen LogP contribution < -0.4 is 0 Å². The molecule has 1 N–H and O–H groups in total. The lowest BCUT2D eigenvalue weighted by atomic mass is 9.45. The molecule has 4 aliphatic carbocycles. The maximum atomic E-state index is 4.26. The molecule has 0 aromatic carbocycles. The van der Waals surface area contributed by atoms with Gasteiger partial charge in [-0.2, -0.15) is 5.10 Å². The van der Waals surface area contributed by atoms with Gasteiger partial charge >= 0.3 is 0 Å². The fraction of sp³-hybridized carbons (Fsp3) is 0.864. The quantitative estimate of drug-likeness (QED) is 0.681. The summed E-state index contributed by atoms with van der Waals surface area (Å²) in [5.74, 6) is 4.76. The number of hydrogen-bond acceptors (Lipinski definition) is 1. The first-order valence-corrected chi connectivity index (χ1v) is 10.6. The van der Waals surface area contributed by atoms with Gasteiger partial charge in [0.05, 0.1) is 0 Å². The third-order valence-electron chi connectivity index (χ3n) is 9.48. The fourth-order valence-corrected chi connectivity index (χ4v) is 8.27. The topological polar surface area (TPSA) is 28.7 Å². The number of aromatic nitrogens is 2. The van der Waals surface area contributed by atoms with Crippen LogP contribution in [-0.4, -0.2) is 10.2 Å². The highest BCUT2D eigenvalue weighted by atomic mass is 15.1. The molecule has 0 radical (unpaired) electrons. The lowest BCUT2D eigenvalue weighted by Crippen LogP contribution is -2.52. The molecule has 0 aliphatic heterocycles. The summed E-state index contributed by atoms with van der Waals surface area (Å²) in [7, 11) is 0. The van der Waals surface area contributed by atoms with Crippen LogP contribution >= 0.6 is 0 Å². The molecule has 4 fully saturated rings. The molecular weight excluding hydrogens is 292 g/mol. The van der Waals surface area contributed by atoms with Crippen LogP contribution in [-0.2, 0) is 0 Å². The average Bonchev–Trinajstić information content (AvgIpc) is 3.20. The highest BCUT2D eigenvalue weighted by Gasteiger charge is 2.59. The first-order chi connectivity index (χ1) is 11.6. The van der Waals surface area contributed by atoms with Gasteiger partial charge in [-0.05, 0) is 91.9 Å². The lowest BCUT2D eigenvalue weighted by molar-refractivity contribution is -0.106. The van der Waals surface area contributed by atoms with Gasteiger partial charge in [-0.25, -0.2) is 0 Å². The zero-order valence-corrected chi connectivity index (χ0v) is 15.6. The number of nitrogens with one attached hydrogen (secondary N) is 1. The zero-order valence-electron chi connectivity index (χ0n) is 15.6. The molecule has 24 heavy (non-hydrogen) atoms. The van der Waals surface area contributed by atoms with E-state index >= 15 is 0 Å². The van der Waals surface area contributed by atoms with E-state index in [9.17, 15) is 0 Å². The summed E-state index contributed by atoms with van der Waals surface area (Å²) in [5, 5.41) is 7.57. The number of rotatable bonds is 1. The van der Waals surface area contributed by atoms with Gasteiger partial charge in [-0.15, -0.1) is 0 Å². The summed E-state index contributed by atoms with van der Waals surface area (Å²) in [6, 6.07) is 2.24. The van der Waals surface area contributed by atoms with Crippen LogP contribution in [0.25, 0.3) is 0 Å². The molecule has 4 aliphatic rings. The standard InChI is InChI=1S/C22H34N2/c1-21-12-4-3-5-15(21)6-7-16-17-8-9-19(20-11-14-23-24-20)22(17,2)13-10-18(16)21/h11,14-19H,3-10,12-13H2,1-2H3,(H,23,24)/t15?,16-,17-,18-,19?,21-,22-/m0/s1. The molecular formula is C22H34N2. The summed E-state index contributed by atoms with van der Waals surface area (Å²) < 4.78 is 0. The fourth-order valence-electron chi connectivity index (χ4n) is 8.27. The summed E-state index contributed by atoms with van der Waals surface area (Å²) in [4.78, 5) is 0. The van der Waals surface area contributed by atoms with Gasteiger partial charge in [0.2, 0.25) is 0 Å². The van der Waals surface area contributed by atoms with E-state index in [2.05, 4.69) is 30.1 Å². The Bertz CT molecular complexity index is 593. The van der Waals surface area contributed by atoms with E-state index < -0.39 is 0 Å². The molecule has 4 saturated carbocycles. The van der Waals surface area contributed by atoms with E-state index in [0.717, 1.165) is 29.6 Å². The number of H-pyrrole nitrogens is 1. The number of aromatic amines is 1. The van der Waals surface area contributed by atoms with Gasteiger partial charge in [0.1, 0.15) is 0 Å². The number of hydrogen-bond donors (Lipinski definition) is 1. The highest BCUT2D eigenvalue weighted by Crippen LogP contribution is 2.68. The van der Waals surface area contributed by atoms with Crippen molar-refractivity contribution in [3.63, 3.8) is 0 Å². The Kier molecular flexibility index (Phi) is 3.45. The highest BCUT2D eigenvalue weighted by molar-refractivity contribution is 5.18. The molecule has 1 aromatic rings. The maximum absolute atomic E-state index is 4.26. The average molecular weight is 327 g/mol. The monoisotopic (exact) mass is 326 g/mol. The van der Waals surface area contributed by atoms with Crippen molar-refractivity contribution < 1.29 is 0 Å². The molecule has 7 atom stereocenters. The molecule has 132 valence electrons. The molecule has 5 rings (SSSR count). The van der Waals surface area contributed by atoms with Gasteiger partial charge in [-0.3, -0.25) is 5.10 Å². The molecule has 2 unspecified atom stereocenters. The van der Waals surface area contributed by atoms with Gasteiger partial charge in [0.15, 0.2) is 0 Å². The first-order valence-electron chi connectivity index (χ1n) is 10.6. The minimum atomic E-state index is 0.519. The molecule has 0 saturated heterocycles. The van der Waals surface area contributed by atoms with Gasteiger partial charge in [-0.1, -0.05) is 26.7 Å². The second-order valence-electron chi connectivity index (χ2n) is 10.1. The molecule has 2 nitrogen and oxygen atoms in total. The summed E-state index contributed by atoms with van der Waals surface area (Å²) in [6.07, 6.45) is 16.8. The molecule has 0 bridgehead atoms. The van der Waals surface area contributed by atoms with E-state index in [1.165, 1.54) is 69.9 Å². The van der Waals surface area contributed by atoms with Crippen molar-refractivity contribution in [3.8, 4) is 0 Å². The van der Waals surface area contributed by atoms with Crippen LogP contribution in [0.1, 0.15) is 89.7 Å². The third kappa shape index (κ3) is 1.98. The van der Waals surface area contributed by atoms with Crippen molar-refractivity contribution in [2.24, 2.45) is 34.5 Å². The van der Waals surface area contributed by atoms with Crippen LogP contribution in [0.2, 0.25) is 0 Å². The van der Waals surface area contributed by atoms with Gasteiger partial charge < -0.3 is 0 Å². The van der Waals surface area contributed by atoms with Crippen LogP contribution in [0.4, 0.5) is 0 Å². The Hall–Kier alpha value is -0.790. The predicted octanol–water partition coefficient (Wildman–Crippen LogP) is 5.93. The second-order valence-corrected chi connectivity index (χ2v) is 10.1. The molecule has 1 aromatic heterocycles. The summed E-state index contributed by atoms with van der Waals surface area (Å²) >= 11 is 0. The van der Waals surface area contributed by atoms with E-state index in [0.29, 0.717) is 10.8 Å². The van der Waals surface area contributed by atoms with Crippen LogP contribution in [0.15, 0.2) is 12.3 Å². The number of fused-ring (bicyclic) bond motifs is 5. The van der Waals surface area contributed by atoms with E-state index in [1.807, 2.05) is 6.20 Å². The van der Waals surface area contributed by atoms with Crippen LogP contribution in [0.5, 0.6) is 0 Å². The minimum Gasteiger partial charge on any atom is -0.282 e. The Morgan fingerprint density at radius 1 is 0.917 bits per heavy atom. The van der Waals surface area contributed by atoms with Crippen molar-refractivity contribution in [2.75, 3.05) is 0 Å². The van der Waals surface area contributed by atoms with Crippen LogP contribution in [0, 0.1) is 34.5 Å². The zero-order chi connectivity index (χ0) is 16.4. The Labute approximate surface area is 147 Å². The van der Waals surface area contributed by atoms with Crippen LogP contribution in [0.3, 0.4) is 0 Å². The summed E-state index contributed by atoms with van der Waals surface area (Å²) in [5.41, 5.74) is 2.61. The molecule has 2 heteroatoms.